The Kier molecular flexibility index (Phi) is 20.7. The number of benzene rings is 4. The summed E-state index contributed by atoms with van der Waals surface area (Å²) in [5.74, 6) is 3.04. The molecule has 2 aliphatic rings. The average molecular weight is 1140 g/mol. The Morgan fingerprint density at radius 3 is 0.987 bits per heavy atom. The van der Waals surface area contributed by atoms with Gasteiger partial charge in [0.1, 0.15) is 49.4 Å². The molecule has 0 amide bonds. The minimum Gasteiger partial charge on any atom is -0.489 e. The molecule has 4 heterocycles. The molecule has 0 radical (unpaired) electrons. The molecule has 15 heteroatoms. The number of pyridine rings is 2. The van der Waals surface area contributed by atoms with Crippen LogP contribution in [-0.4, -0.2) is 102 Å². The van der Waals surface area contributed by atoms with Gasteiger partial charge in [0.2, 0.25) is 0 Å². The van der Waals surface area contributed by atoms with Gasteiger partial charge < -0.3 is 33.2 Å². The highest BCUT2D eigenvalue weighted by atomic mass is 32.2. The van der Waals surface area contributed by atoms with E-state index in [1.807, 2.05) is 36.4 Å². The van der Waals surface area contributed by atoms with Gasteiger partial charge in [0.25, 0.3) is 0 Å². The monoisotopic (exact) mass is 1140 g/mol. The van der Waals surface area contributed by atoms with Gasteiger partial charge in [0, 0.05) is 24.8 Å². The van der Waals surface area contributed by atoms with Crippen molar-refractivity contribution < 1.29 is 33.2 Å². The fourth-order valence-electron chi connectivity index (χ4n) is 8.26. The molecule has 0 unspecified atom stereocenters. The fourth-order valence-corrected chi connectivity index (χ4v) is 13.0. The fraction of sp³-hybridized carbons (Fsp3) is 0.438. The highest BCUT2D eigenvalue weighted by Gasteiger charge is 2.31. The molecule has 0 atom stereocenters. The molecule has 4 aromatic carbocycles. The lowest BCUT2D eigenvalue weighted by atomic mass is 9.87. The molecule has 10 bridgehead atoms. The van der Waals surface area contributed by atoms with E-state index < -0.39 is 0 Å². The maximum absolute atomic E-state index is 7.11. The predicted molar refractivity (Wildman–Crippen MR) is 325 cm³/mol. The summed E-state index contributed by atoms with van der Waals surface area (Å²) in [6.07, 6.45) is 7.17. The molecule has 0 N–H and O–H groups in total. The second-order valence-corrected chi connectivity index (χ2v) is 27.8. The van der Waals surface area contributed by atoms with Crippen molar-refractivity contribution in [2.45, 2.75) is 144 Å². The van der Waals surface area contributed by atoms with Crippen LogP contribution in [0.3, 0.4) is 0 Å². The van der Waals surface area contributed by atoms with Gasteiger partial charge in [-0.3, -0.25) is 20.0 Å². The van der Waals surface area contributed by atoms with Gasteiger partial charge in [0.15, 0.2) is 0 Å². The minimum absolute atomic E-state index is 0.227. The van der Waals surface area contributed by atoms with E-state index in [0.29, 0.717) is 79.2 Å². The van der Waals surface area contributed by atoms with Crippen LogP contribution >= 0.6 is 47.0 Å². The van der Waals surface area contributed by atoms with Crippen LogP contribution in [0.2, 0.25) is 0 Å². The van der Waals surface area contributed by atoms with Crippen LogP contribution in [0.25, 0.3) is 0 Å². The molecule has 8 rings (SSSR count). The van der Waals surface area contributed by atoms with E-state index in [0.717, 1.165) is 84.7 Å². The van der Waals surface area contributed by atoms with Gasteiger partial charge in [-0.05, 0) is 117 Å². The molecular formula is C64H78N4O7S4. The normalized spacial score (nSPS) is 15.4. The summed E-state index contributed by atoms with van der Waals surface area (Å²) in [5, 5.41) is 0. The Bertz CT molecular complexity index is 2750. The van der Waals surface area contributed by atoms with Crippen LogP contribution in [0.15, 0.2) is 146 Å². The molecule has 6 aromatic rings. The summed E-state index contributed by atoms with van der Waals surface area (Å²) in [5.41, 5.74) is 5.33. The maximum atomic E-state index is 7.11. The summed E-state index contributed by atoms with van der Waals surface area (Å²) >= 11 is 6.69. The summed E-state index contributed by atoms with van der Waals surface area (Å²) in [6, 6.07) is 30.0. The van der Waals surface area contributed by atoms with Crippen LogP contribution in [0.5, 0.6) is 23.0 Å². The van der Waals surface area contributed by atoms with Gasteiger partial charge in [-0.15, -0.1) is 0 Å². The maximum Gasteiger partial charge on any atom is 0.147 e. The van der Waals surface area contributed by atoms with Crippen molar-refractivity contribution in [1.82, 2.24) is 9.97 Å². The third-order valence-electron chi connectivity index (χ3n) is 12.9. The van der Waals surface area contributed by atoms with Crippen molar-refractivity contribution in [3.8, 4) is 23.0 Å². The van der Waals surface area contributed by atoms with Crippen LogP contribution < -0.4 is 18.9 Å². The molecule has 0 saturated carbocycles. The molecule has 2 aromatic heterocycles. The van der Waals surface area contributed by atoms with E-state index in [1.165, 1.54) is 11.1 Å². The van der Waals surface area contributed by atoms with Gasteiger partial charge in [0.05, 0.1) is 103 Å². The smallest absolute Gasteiger partial charge is 0.147 e. The van der Waals surface area contributed by atoms with Gasteiger partial charge in [-0.2, -0.15) is 0 Å². The highest BCUT2D eigenvalue weighted by molar-refractivity contribution is 8.01. The number of nitrogens with zero attached hydrogens (tertiary/aromatic N) is 4. The summed E-state index contributed by atoms with van der Waals surface area (Å²) < 4.78 is 46.6. The quantitative estimate of drug-likeness (QED) is 0.0957. The SMILES string of the molecule is CC(C)(C)c1cc2c(OCCN=Cc3ccccn3)c(c1)Sc1cc(C(C)(C)C)cc3c1OCCOCCOCCOCCOc1c(cc(C(C)(C)C)cc1Sc1cc(C(C)(C)C)cc(c1OCCN=Cc1ccccn1)S3)S2. The Balaban J connectivity index is 1.41. The Morgan fingerprint density at radius 2 is 0.709 bits per heavy atom. The third-order valence-corrected chi connectivity index (χ3v) is 17.1. The number of aliphatic imine (C=N–C) groups is 2. The Labute approximate surface area is 486 Å². The van der Waals surface area contributed by atoms with Crippen molar-refractivity contribution in [3.63, 3.8) is 0 Å². The van der Waals surface area contributed by atoms with Gasteiger partial charge in [-0.1, -0.05) is 142 Å². The standard InChI is InChI=1S/C64H78N4O7S4/c1-61(2,3)43-33-49-57(72-23-21-65-41-47-17-13-15-19-67-47)50(34-43)77-54-38-46(64(10,11)12)40-56-60(54)75-32-30-71-28-26-69-25-27-70-29-31-74-59-53(76-49)37-45(63(7,8)9)39-55(59)78-51-35-44(62(4,5)6)36-52(79-56)58(51)73-24-22-66-42-48-18-14-16-20-68-48/h13-20,33-42H,21-32H2,1-12H3. The van der Waals surface area contributed by atoms with Crippen molar-refractivity contribution >= 4 is 59.5 Å². The van der Waals surface area contributed by atoms with Crippen LogP contribution in [0.4, 0.5) is 0 Å². The third kappa shape index (κ3) is 17.0. The molecule has 0 aliphatic carbocycles. The van der Waals surface area contributed by atoms with Gasteiger partial charge >= 0.3 is 0 Å². The van der Waals surface area contributed by atoms with Crippen LogP contribution in [0.1, 0.15) is 117 Å². The largest absolute Gasteiger partial charge is 0.489 e. The number of hydrogen-bond donors (Lipinski definition) is 0. The number of hydrogen-bond acceptors (Lipinski definition) is 15. The van der Waals surface area contributed by atoms with E-state index in [2.05, 4.69) is 142 Å². The first-order chi connectivity index (χ1) is 37.7. The summed E-state index contributed by atoms with van der Waals surface area (Å²) in [6.45, 7) is 31.8. The van der Waals surface area contributed by atoms with Crippen LogP contribution in [0, 0.1) is 0 Å². The lowest BCUT2D eigenvalue weighted by molar-refractivity contribution is 0.00450. The number of rotatable bonds is 10. The van der Waals surface area contributed by atoms with Crippen molar-refractivity contribution in [2.24, 2.45) is 9.98 Å². The first kappa shape index (κ1) is 60.1. The molecule has 11 nitrogen and oxygen atoms in total. The summed E-state index contributed by atoms with van der Waals surface area (Å²) in [4.78, 5) is 26.1. The van der Waals surface area contributed by atoms with E-state index >= 15 is 0 Å². The van der Waals surface area contributed by atoms with E-state index in [-0.39, 0.29) is 21.7 Å². The van der Waals surface area contributed by atoms with Crippen molar-refractivity contribution in [3.05, 3.63) is 131 Å². The van der Waals surface area contributed by atoms with Crippen molar-refractivity contribution in [2.75, 3.05) is 79.2 Å². The Morgan fingerprint density at radius 1 is 0.418 bits per heavy atom. The molecule has 0 saturated heterocycles. The van der Waals surface area contributed by atoms with E-state index in [4.69, 9.17) is 43.1 Å². The van der Waals surface area contributed by atoms with Gasteiger partial charge in [-0.25, -0.2) is 0 Å². The van der Waals surface area contributed by atoms with Crippen molar-refractivity contribution in [1.29, 1.82) is 0 Å². The van der Waals surface area contributed by atoms with E-state index in [9.17, 15) is 0 Å². The number of aromatic nitrogens is 2. The zero-order chi connectivity index (χ0) is 56.2. The van der Waals surface area contributed by atoms with Crippen LogP contribution in [-0.2, 0) is 35.9 Å². The topological polar surface area (TPSA) is 115 Å². The Hall–Kier alpha value is -5.00. The zero-order valence-electron chi connectivity index (χ0n) is 48.2. The lowest BCUT2D eigenvalue weighted by Gasteiger charge is -2.28. The summed E-state index contributed by atoms with van der Waals surface area (Å²) in [7, 11) is 0. The second-order valence-electron chi connectivity index (χ2n) is 23.4. The molecular weight excluding hydrogens is 1060 g/mol. The lowest BCUT2D eigenvalue weighted by Crippen LogP contribution is -2.16. The first-order valence-electron chi connectivity index (χ1n) is 27.2. The molecule has 0 spiro atoms. The minimum atomic E-state index is -0.233. The number of fused-ring (bicyclic) bond motifs is 2. The molecule has 2 aliphatic heterocycles. The van der Waals surface area contributed by atoms with E-state index in [1.54, 1.807) is 71.9 Å². The average Bonchev–Trinajstić information content (AvgIpc) is 3.55. The number of ether oxygens (including phenoxy) is 7. The highest BCUT2D eigenvalue weighted by Crippen LogP contribution is 2.56. The second kappa shape index (κ2) is 27.2. The molecule has 0 fully saturated rings. The molecule has 79 heavy (non-hydrogen) atoms. The first-order valence-corrected chi connectivity index (χ1v) is 30.5. The zero-order valence-corrected chi connectivity index (χ0v) is 51.4. The molecule has 420 valence electrons. The predicted octanol–water partition coefficient (Wildman–Crippen LogP) is 15.4.